The summed E-state index contributed by atoms with van der Waals surface area (Å²) >= 11 is 0. The van der Waals surface area contributed by atoms with E-state index in [1.54, 1.807) is 24.3 Å². The number of halogens is 6. The van der Waals surface area contributed by atoms with Gasteiger partial charge in [-0.05, 0) is 113 Å². The van der Waals surface area contributed by atoms with Crippen LogP contribution in [0.2, 0.25) is 0 Å². The summed E-state index contributed by atoms with van der Waals surface area (Å²) in [5.41, 5.74) is -7.55. The second-order valence-corrected chi connectivity index (χ2v) is 19.0. The molecule has 2 rings (SSSR count). The summed E-state index contributed by atoms with van der Waals surface area (Å²) < 4.78 is 107. The Balaban J connectivity index is 1.77. The van der Waals surface area contributed by atoms with Crippen molar-refractivity contribution < 1.29 is 60.0 Å². The molecule has 5 atom stereocenters. The van der Waals surface area contributed by atoms with Crippen molar-refractivity contribution in [1.29, 1.82) is 0 Å². The van der Waals surface area contributed by atoms with Crippen LogP contribution in [-0.2, 0) is 39.7 Å². The van der Waals surface area contributed by atoms with Crippen molar-refractivity contribution in [3.63, 3.8) is 0 Å². The Labute approximate surface area is 467 Å². The minimum atomic E-state index is -5.15. The molecule has 79 heavy (non-hydrogen) atoms. The molecule has 430 valence electrons. The number of unbranched alkanes of at least 4 members (excludes halogenated alkanes) is 20. The van der Waals surface area contributed by atoms with Crippen LogP contribution in [0.25, 0.3) is 0 Å². The van der Waals surface area contributed by atoms with Gasteiger partial charge in [0.1, 0.15) is 0 Å². The number of esters is 2. The van der Waals surface area contributed by atoms with Crippen LogP contribution in [0.4, 0.5) is 26.3 Å². The fourth-order valence-electron chi connectivity index (χ4n) is 8.52. The fourth-order valence-corrected chi connectivity index (χ4v) is 8.52. The second-order valence-electron chi connectivity index (χ2n) is 19.0. The molecule has 0 saturated carbocycles. The number of ether oxygens (including phenoxy) is 4. The van der Waals surface area contributed by atoms with Crippen LogP contribution in [0.5, 0.6) is 0 Å². The molecule has 2 aromatic carbocycles. The lowest BCUT2D eigenvalue weighted by molar-refractivity contribution is -0.277. The van der Waals surface area contributed by atoms with Crippen LogP contribution in [0.15, 0.2) is 121 Å². The normalized spacial score (nSPS) is 14.7. The predicted octanol–water partition coefficient (Wildman–Crippen LogP) is 16.2. The summed E-state index contributed by atoms with van der Waals surface area (Å²) in [4.78, 5) is 26.3. The molecular formula is C66H82F6O7. The first kappa shape index (κ1) is 68.9. The molecule has 2 aromatic rings. The van der Waals surface area contributed by atoms with Gasteiger partial charge in [0.25, 0.3) is 11.2 Å². The first-order valence-corrected chi connectivity index (χ1v) is 27.8. The van der Waals surface area contributed by atoms with E-state index in [1.165, 1.54) is 93.8 Å². The van der Waals surface area contributed by atoms with E-state index in [4.69, 9.17) is 31.8 Å². The van der Waals surface area contributed by atoms with Gasteiger partial charge in [0.15, 0.2) is 6.10 Å². The zero-order chi connectivity index (χ0) is 57.9. The Morgan fingerprint density at radius 3 is 1.43 bits per heavy atom. The fraction of sp³-hybridized carbons (Fsp3) is 0.515. The lowest BCUT2D eigenvalue weighted by Crippen LogP contribution is -2.52. The van der Waals surface area contributed by atoms with Crippen molar-refractivity contribution in [3.05, 3.63) is 133 Å². The highest BCUT2D eigenvalue weighted by Gasteiger charge is 2.65. The van der Waals surface area contributed by atoms with Crippen LogP contribution in [0.1, 0.15) is 172 Å². The topological polar surface area (TPSA) is 91.3 Å². The monoisotopic (exact) mass is 1100 g/mol. The number of carbonyl (C=O) groups excluding carboxylic acids is 2. The van der Waals surface area contributed by atoms with Crippen LogP contribution in [0, 0.1) is 48.4 Å². The molecule has 0 aliphatic heterocycles. The molecule has 0 fully saturated rings. The number of benzene rings is 2. The molecule has 0 heterocycles. The van der Waals surface area contributed by atoms with E-state index >= 15 is 0 Å². The molecule has 0 amide bonds. The quantitative estimate of drug-likeness (QED) is 0.0235. The number of rotatable bonds is 38. The van der Waals surface area contributed by atoms with Crippen molar-refractivity contribution >= 4 is 11.9 Å². The van der Waals surface area contributed by atoms with Crippen molar-refractivity contribution in [2.24, 2.45) is 0 Å². The number of methoxy groups -OCH3 is 2. The number of alkyl halides is 6. The van der Waals surface area contributed by atoms with Crippen molar-refractivity contribution in [3.8, 4) is 48.4 Å². The summed E-state index contributed by atoms with van der Waals surface area (Å²) in [6.07, 6.45) is 39.8. The van der Waals surface area contributed by atoms with E-state index in [0.717, 1.165) is 122 Å². The van der Waals surface area contributed by atoms with Gasteiger partial charge in [-0.2, -0.15) is 26.3 Å². The van der Waals surface area contributed by atoms with Crippen LogP contribution < -0.4 is 0 Å². The maximum absolute atomic E-state index is 14.6. The molecule has 0 spiro atoms. The number of hydrogen-bond donors (Lipinski definition) is 1. The second kappa shape index (κ2) is 40.9. The Hall–Kier alpha value is -6.22. The summed E-state index contributed by atoms with van der Waals surface area (Å²) in [5.74, 6) is 12.5. The van der Waals surface area contributed by atoms with Gasteiger partial charge in [0.2, 0.25) is 6.10 Å². The number of allylic oxidation sites excluding steroid dienone is 8. The smallest absolute Gasteiger partial charge is 0.432 e. The van der Waals surface area contributed by atoms with Gasteiger partial charge in [-0.3, -0.25) is 0 Å². The SMILES string of the molecule is C#C/C=C\[C@@H](O)CCCCCCCCCCCCC/C=C\CC/C=C/C#C[C@H](C#CCCCC/C=C\CCCCCC/C=C/[C@@H](C#C)OC(=O)[C@@](OC)(c1ccccc1)C(F)(F)F)OC(=O)[C@@](OC)(c1ccccc1)C(F)(F)F. The summed E-state index contributed by atoms with van der Waals surface area (Å²) in [5, 5.41) is 9.78. The van der Waals surface area contributed by atoms with Gasteiger partial charge < -0.3 is 24.1 Å². The average Bonchev–Trinajstić information content (AvgIpc) is 3.53. The Bertz CT molecular complexity index is 2370. The highest BCUT2D eigenvalue weighted by atomic mass is 19.4. The largest absolute Gasteiger partial charge is 0.442 e. The van der Waals surface area contributed by atoms with Crippen molar-refractivity contribution in [1.82, 2.24) is 0 Å². The lowest BCUT2D eigenvalue weighted by atomic mass is 9.92. The molecule has 0 bridgehead atoms. The standard InChI is InChI=1S/C66H82F6O7/c1-5-7-51-58(73)52-43-33-29-25-21-17-13-11-9-8-10-12-14-19-23-27-31-35-45-54-60(79-62(75)64(77-4,66(70,71)72)57-49-41-38-42-50-57)55-46-36-32-28-24-20-16-15-18-22-26-30-34-44-53-59(6-2)78-61(74)63(76-3,65(67,68)69)56-47-39-37-40-48-56/h1-2,7,14,16,19-20,31,35,37-42,44,47-51,53,58-60,73H,8-13,15,17-18,21-30,32-34,36,43,52H2,3-4H3/b19-14-,20-16-,35-31+,51-7-,53-44+/t58-,59-,60-,63+,64+/m1/s1. The highest BCUT2D eigenvalue weighted by molar-refractivity contribution is 5.84. The molecule has 0 aromatic heterocycles. The van der Waals surface area contributed by atoms with E-state index in [9.17, 15) is 41.0 Å². The zero-order valence-electron chi connectivity index (χ0n) is 46.3. The Morgan fingerprint density at radius 2 is 0.962 bits per heavy atom. The first-order valence-electron chi connectivity index (χ1n) is 27.8. The van der Waals surface area contributed by atoms with E-state index in [1.807, 2.05) is 6.08 Å². The van der Waals surface area contributed by atoms with Crippen LogP contribution in [-0.4, -0.2) is 61.9 Å². The van der Waals surface area contributed by atoms with E-state index in [0.29, 0.717) is 25.7 Å². The van der Waals surface area contributed by atoms with Crippen LogP contribution in [0.3, 0.4) is 0 Å². The third-order valence-electron chi connectivity index (χ3n) is 13.0. The van der Waals surface area contributed by atoms with Gasteiger partial charge in [0.05, 0.1) is 6.10 Å². The minimum Gasteiger partial charge on any atom is -0.442 e. The number of terminal acetylenes is 2. The third-order valence-corrected chi connectivity index (χ3v) is 13.0. The van der Waals surface area contributed by atoms with E-state index < -0.39 is 64.9 Å². The van der Waals surface area contributed by atoms with Gasteiger partial charge in [0, 0.05) is 31.8 Å². The van der Waals surface area contributed by atoms with Gasteiger partial charge in [-0.1, -0.05) is 198 Å². The molecular weight excluding hydrogens is 1020 g/mol. The molecule has 13 heteroatoms. The highest BCUT2D eigenvalue weighted by Crippen LogP contribution is 2.44. The van der Waals surface area contributed by atoms with Gasteiger partial charge in [-0.25, -0.2) is 9.59 Å². The number of aliphatic hydroxyl groups excluding tert-OH is 1. The number of aliphatic hydroxyl groups is 1. The summed E-state index contributed by atoms with van der Waals surface area (Å²) in [6, 6.07) is 13.1. The van der Waals surface area contributed by atoms with Gasteiger partial charge >= 0.3 is 24.3 Å². The molecule has 0 unspecified atom stereocenters. The van der Waals surface area contributed by atoms with E-state index in [2.05, 4.69) is 59.8 Å². The molecule has 0 saturated heterocycles. The number of carbonyl (C=O) groups is 2. The lowest BCUT2D eigenvalue weighted by Gasteiger charge is -2.32. The third kappa shape index (κ3) is 26.5. The number of hydrogen-bond acceptors (Lipinski definition) is 7. The summed E-state index contributed by atoms with van der Waals surface area (Å²) in [7, 11) is 1.60. The first-order chi connectivity index (χ1) is 38.1. The predicted molar refractivity (Wildman–Crippen MR) is 302 cm³/mol. The zero-order valence-corrected chi connectivity index (χ0v) is 46.3. The summed E-state index contributed by atoms with van der Waals surface area (Å²) in [6.45, 7) is 0. The maximum atomic E-state index is 14.6. The van der Waals surface area contributed by atoms with E-state index in [-0.39, 0.29) is 0 Å². The molecule has 1 N–H and O–H groups in total. The average molecular weight is 1100 g/mol. The van der Waals surface area contributed by atoms with Crippen molar-refractivity contribution in [2.75, 3.05) is 14.2 Å². The Morgan fingerprint density at radius 1 is 0.532 bits per heavy atom. The molecule has 7 nitrogen and oxygen atoms in total. The molecule has 0 radical (unpaired) electrons. The van der Waals surface area contributed by atoms with Crippen molar-refractivity contribution in [2.45, 2.75) is 202 Å². The van der Waals surface area contributed by atoms with Crippen LogP contribution >= 0.6 is 0 Å². The molecule has 0 aliphatic carbocycles. The van der Waals surface area contributed by atoms with Gasteiger partial charge in [-0.15, -0.1) is 12.8 Å². The molecule has 0 aliphatic rings. The minimum absolute atomic E-state index is 0.413. The maximum Gasteiger partial charge on any atom is 0.432 e. The Kier molecular flexibility index (Phi) is 35.7.